The van der Waals surface area contributed by atoms with E-state index in [1.165, 1.54) is 0 Å². The fraction of sp³-hybridized carbons (Fsp3) is 0.529. The molecular weight excluding hydrogens is 276 g/mol. The van der Waals surface area contributed by atoms with E-state index in [1.807, 2.05) is 18.2 Å². The highest BCUT2D eigenvalue weighted by molar-refractivity contribution is 5.88. The van der Waals surface area contributed by atoms with Crippen molar-refractivity contribution in [3.8, 4) is 6.07 Å². The fourth-order valence-corrected chi connectivity index (χ4v) is 3.87. The molecule has 0 unspecified atom stereocenters. The molecule has 0 N–H and O–H groups in total. The zero-order valence-electron chi connectivity index (χ0n) is 12.6. The summed E-state index contributed by atoms with van der Waals surface area (Å²) in [4.78, 5) is 4.93. The topological polar surface area (TPSA) is 56.3 Å². The van der Waals surface area contributed by atoms with Crippen LogP contribution in [0.5, 0.6) is 0 Å². The molecule has 0 spiro atoms. The summed E-state index contributed by atoms with van der Waals surface area (Å²) >= 11 is 0. The third-order valence-corrected chi connectivity index (χ3v) is 5.07. The molecule has 5 heteroatoms. The molecule has 1 aromatic carbocycles. The van der Waals surface area contributed by atoms with E-state index in [9.17, 15) is 0 Å². The highest BCUT2D eigenvalue weighted by atomic mass is 16.5. The smallest absolute Gasteiger partial charge is 0.180 e. The molecular formula is C17H20N4O. The number of hydrogen-bond donors (Lipinski definition) is 0. The predicted molar refractivity (Wildman–Crippen MR) is 84.5 cm³/mol. The second-order valence-electron chi connectivity index (χ2n) is 6.39. The van der Waals surface area contributed by atoms with E-state index >= 15 is 0 Å². The van der Waals surface area contributed by atoms with Crippen molar-refractivity contribution in [3.05, 3.63) is 24.3 Å². The van der Waals surface area contributed by atoms with Gasteiger partial charge >= 0.3 is 0 Å². The monoisotopic (exact) mass is 296 g/mol. The summed E-state index contributed by atoms with van der Waals surface area (Å²) in [6, 6.07) is 10.9. The Hall–Kier alpha value is -2.06. The van der Waals surface area contributed by atoms with Crippen LogP contribution < -0.4 is 4.90 Å². The lowest BCUT2D eigenvalue weighted by atomic mass is 9.87. The average molecular weight is 296 g/mol. The van der Waals surface area contributed by atoms with Crippen molar-refractivity contribution in [1.82, 2.24) is 10.1 Å². The maximum absolute atomic E-state index is 8.94. The number of fused-ring (bicyclic) bond motifs is 2. The number of rotatable bonds is 2. The molecule has 2 saturated heterocycles. The summed E-state index contributed by atoms with van der Waals surface area (Å²) in [5, 5.41) is 14.3. The van der Waals surface area contributed by atoms with Crippen LogP contribution in [-0.4, -0.2) is 42.3 Å². The first-order valence-corrected chi connectivity index (χ1v) is 8.05. The van der Waals surface area contributed by atoms with Gasteiger partial charge in [-0.2, -0.15) is 5.26 Å². The van der Waals surface area contributed by atoms with Crippen LogP contribution >= 0.6 is 0 Å². The molecule has 22 heavy (non-hydrogen) atoms. The lowest BCUT2D eigenvalue weighted by Crippen LogP contribution is -2.56. The number of para-hydroxylation sites is 1. The van der Waals surface area contributed by atoms with Gasteiger partial charge in [0.2, 0.25) is 0 Å². The van der Waals surface area contributed by atoms with Crippen molar-refractivity contribution in [2.45, 2.75) is 25.3 Å². The maximum atomic E-state index is 8.94. The van der Waals surface area contributed by atoms with Gasteiger partial charge in [0.05, 0.1) is 11.5 Å². The summed E-state index contributed by atoms with van der Waals surface area (Å²) in [5.74, 6) is 1.53. The number of nitrogens with zero attached hydrogens (tertiary/aromatic N) is 4. The van der Waals surface area contributed by atoms with Crippen LogP contribution in [0.4, 0.5) is 5.82 Å². The van der Waals surface area contributed by atoms with Gasteiger partial charge in [-0.05, 0) is 37.4 Å². The number of benzene rings is 1. The first-order valence-electron chi connectivity index (χ1n) is 8.05. The number of hydrogen-bond acceptors (Lipinski definition) is 5. The molecule has 0 amide bonds. The second kappa shape index (κ2) is 5.62. The quantitative estimate of drug-likeness (QED) is 0.852. The van der Waals surface area contributed by atoms with Crippen LogP contribution in [0.1, 0.15) is 19.3 Å². The Morgan fingerprint density at radius 2 is 2.18 bits per heavy atom. The van der Waals surface area contributed by atoms with Crippen LogP contribution in [0.25, 0.3) is 11.0 Å². The summed E-state index contributed by atoms with van der Waals surface area (Å²) < 4.78 is 5.45. The van der Waals surface area contributed by atoms with Gasteiger partial charge in [-0.15, -0.1) is 0 Å². The van der Waals surface area contributed by atoms with E-state index in [1.54, 1.807) is 0 Å². The molecule has 114 valence electrons. The second-order valence-corrected chi connectivity index (χ2v) is 6.39. The first-order chi connectivity index (χ1) is 10.8. The highest BCUT2D eigenvalue weighted by Gasteiger charge is 2.34. The van der Waals surface area contributed by atoms with Crippen molar-refractivity contribution >= 4 is 16.8 Å². The maximum Gasteiger partial charge on any atom is 0.180 e. The van der Waals surface area contributed by atoms with Crippen LogP contribution in [0.3, 0.4) is 0 Å². The third-order valence-electron chi connectivity index (χ3n) is 5.07. The van der Waals surface area contributed by atoms with Crippen molar-refractivity contribution in [2.24, 2.45) is 5.92 Å². The van der Waals surface area contributed by atoms with E-state index in [4.69, 9.17) is 9.78 Å². The minimum absolute atomic E-state index is 0.538. The van der Waals surface area contributed by atoms with Crippen LogP contribution in [0.2, 0.25) is 0 Å². The third kappa shape index (κ3) is 2.34. The standard InChI is InChI=1S/C17H20N4O/c18-7-5-13-6-8-20-9-10-21(12-14(20)11-13)17-15-3-1-2-4-16(15)22-19-17/h1-4,13-14H,5-6,8-12H2/t13-,14+/m1/s1. The van der Waals surface area contributed by atoms with Gasteiger partial charge in [-0.25, -0.2) is 0 Å². The number of anilines is 1. The van der Waals surface area contributed by atoms with Gasteiger partial charge < -0.3 is 9.42 Å². The minimum atomic E-state index is 0.538. The molecule has 2 aliphatic rings. The molecule has 2 fully saturated rings. The fourth-order valence-electron chi connectivity index (χ4n) is 3.87. The Bertz CT molecular complexity index is 704. The SMILES string of the molecule is N#CC[C@@H]1CCN2CCN(c3noc4ccccc34)C[C@@H]2C1. The number of piperidine rings is 1. The number of nitriles is 1. The Kier molecular flexibility index (Phi) is 3.47. The summed E-state index contributed by atoms with van der Waals surface area (Å²) in [5.41, 5.74) is 0.853. The highest BCUT2D eigenvalue weighted by Crippen LogP contribution is 2.32. The zero-order valence-corrected chi connectivity index (χ0v) is 12.6. The molecule has 4 rings (SSSR count). The van der Waals surface area contributed by atoms with Crippen LogP contribution in [0.15, 0.2) is 28.8 Å². The summed E-state index contributed by atoms with van der Waals surface area (Å²) in [7, 11) is 0. The summed E-state index contributed by atoms with van der Waals surface area (Å²) in [6.07, 6.45) is 2.98. The zero-order chi connectivity index (χ0) is 14.9. The summed E-state index contributed by atoms with van der Waals surface area (Å²) in [6.45, 7) is 4.18. The molecule has 0 aliphatic carbocycles. The van der Waals surface area contributed by atoms with Crippen molar-refractivity contribution in [3.63, 3.8) is 0 Å². The average Bonchev–Trinajstić information content (AvgIpc) is 2.98. The van der Waals surface area contributed by atoms with Crippen molar-refractivity contribution in [2.75, 3.05) is 31.1 Å². The van der Waals surface area contributed by atoms with Crippen LogP contribution in [0, 0.1) is 17.2 Å². The van der Waals surface area contributed by atoms with E-state index in [0.29, 0.717) is 18.4 Å². The molecule has 2 aromatic rings. The predicted octanol–water partition coefficient (Wildman–Crippen LogP) is 2.64. The molecule has 0 bridgehead atoms. The molecule has 0 radical (unpaired) electrons. The molecule has 2 aliphatic heterocycles. The molecule has 2 atom stereocenters. The number of aromatic nitrogens is 1. The number of piperazine rings is 1. The largest absolute Gasteiger partial charge is 0.354 e. The molecule has 5 nitrogen and oxygen atoms in total. The Labute approximate surface area is 130 Å². The lowest BCUT2D eigenvalue weighted by molar-refractivity contribution is 0.101. The molecule has 1 aromatic heterocycles. The van der Waals surface area contributed by atoms with Crippen molar-refractivity contribution < 1.29 is 4.52 Å². The Balaban J connectivity index is 1.54. The van der Waals surface area contributed by atoms with E-state index in [0.717, 1.165) is 55.8 Å². The first kappa shape index (κ1) is 13.6. The molecule has 0 saturated carbocycles. The van der Waals surface area contributed by atoms with Gasteiger partial charge in [-0.3, -0.25) is 4.90 Å². The van der Waals surface area contributed by atoms with E-state index in [2.05, 4.69) is 27.1 Å². The van der Waals surface area contributed by atoms with E-state index < -0.39 is 0 Å². The van der Waals surface area contributed by atoms with Gasteiger partial charge in [0.25, 0.3) is 0 Å². The van der Waals surface area contributed by atoms with Gasteiger partial charge in [0.1, 0.15) is 0 Å². The Morgan fingerprint density at radius 3 is 3.09 bits per heavy atom. The lowest BCUT2D eigenvalue weighted by Gasteiger charge is -2.46. The van der Waals surface area contributed by atoms with Gasteiger partial charge in [0.15, 0.2) is 11.4 Å². The van der Waals surface area contributed by atoms with Crippen LogP contribution in [-0.2, 0) is 0 Å². The van der Waals surface area contributed by atoms with Crippen molar-refractivity contribution in [1.29, 1.82) is 5.26 Å². The normalized spacial score (nSPS) is 25.9. The van der Waals surface area contributed by atoms with Gasteiger partial charge in [-0.1, -0.05) is 17.3 Å². The Morgan fingerprint density at radius 1 is 1.27 bits per heavy atom. The minimum Gasteiger partial charge on any atom is -0.354 e. The molecule has 3 heterocycles. The van der Waals surface area contributed by atoms with E-state index in [-0.39, 0.29) is 0 Å². The van der Waals surface area contributed by atoms with Gasteiger partial charge in [0, 0.05) is 32.1 Å².